The molecule has 11 rings (SSSR count). The fraction of sp³-hybridized carbons (Fsp3) is 0. The van der Waals surface area contributed by atoms with Crippen LogP contribution in [0, 0.1) is 0 Å². The average molecular weight is 699 g/mol. The maximum atomic E-state index is 6.33. The first-order chi connectivity index (χ1) is 27.2. The Bertz CT molecular complexity index is 3380. The van der Waals surface area contributed by atoms with Gasteiger partial charge in [0, 0.05) is 5.39 Å². The van der Waals surface area contributed by atoms with Crippen LogP contribution in [0.5, 0.6) is 0 Å². The van der Waals surface area contributed by atoms with E-state index in [1.165, 1.54) is 81.3 Å². The van der Waals surface area contributed by atoms with Crippen LogP contribution in [0.4, 0.5) is 0 Å². The largest absolute Gasteiger partial charge is 0.464 e. The zero-order chi connectivity index (χ0) is 36.3. The first-order valence-electron chi connectivity index (χ1n) is 18.9. The van der Waals surface area contributed by atoms with Gasteiger partial charge in [0.1, 0.15) is 5.58 Å². The van der Waals surface area contributed by atoms with E-state index in [0.29, 0.717) is 0 Å². The lowest BCUT2D eigenvalue weighted by molar-refractivity contribution is 0.607. The van der Waals surface area contributed by atoms with Crippen LogP contribution in [0.25, 0.3) is 109 Å². The third-order valence-electron chi connectivity index (χ3n) is 11.3. The van der Waals surface area contributed by atoms with Gasteiger partial charge in [-0.2, -0.15) is 0 Å². The first kappa shape index (κ1) is 31.3. The van der Waals surface area contributed by atoms with Gasteiger partial charge < -0.3 is 4.42 Å². The highest BCUT2D eigenvalue weighted by Crippen LogP contribution is 2.43. The molecule has 11 aromatic rings. The molecule has 0 saturated carbocycles. The van der Waals surface area contributed by atoms with Crippen LogP contribution >= 0.6 is 0 Å². The molecule has 10 aromatic carbocycles. The smallest absolute Gasteiger partial charge is 0.134 e. The van der Waals surface area contributed by atoms with Crippen LogP contribution < -0.4 is 0 Å². The zero-order valence-corrected chi connectivity index (χ0v) is 30.0. The molecule has 1 heteroatoms. The average Bonchev–Trinajstić information content (AvgIpc) is 3.35. The lowest BCUT2D eigenvalue weighted by atomic mass is 9.87. The van der Waals surface area contributed by atoms with Gasteiger partial charge in [0.2, 0.25) is 0 Å². The second kappa shape index (κ2) is 12.7. The molecule has 1 aromatic heterocycles. The van der Waals surface area contributed by atoms with Gasteiger partial charge in [-0.1, -0.05) is 164 Å². The van der Waals surface area contributed by atoms with Crippen molar-refractivity contribution < 1.29 is 4.42 Å². The number of fused-ring (bicyclic) bond motifs is 11. The quantitative estimate of drug-likeness (QED) is 0.167. The van der Waals surface area contributed by atoms with Gasteiger partial charge in [0.15, 0.2) is 0 Å². The molecule has 0 unspecified atom stereocenters. The monoisotopic (exact) mass is 698 g/mol. The van der Waals surface area contributed by atoms with Gasteiger partial charge in [0.05, 0.1) is 6.26 Å². The van der Waals surface area contributed by atoms with Crippen molar-refractivity contribution in [2.75, 3.05) is 0 Å². The second-order valence-electron chi connectivity index (χ2n) is 14.5. The van der Waals surface area contributed by atoms with Crippen molar-refractivity contribution in [2.24, 2.45) is 0 Å². The summed E-state index contributed by atoms with van der Waals surface area (Å²) in [6, 6.07) is 72.6. The second-order valence-corrected chi connectivity index (χ2v) is 14.5. The molecule has 0 amide bonds. The van der Waals surface area contributed by atoms with Crippen LogP contribution in [0.1, 0.15) is 0 Å². The Morgan fingerprint density at radius 2 is 0.745 bits per heavy atom. The van der Waals surface area contributed by atoms with Crippen molar-refractivity contribution in [3.05, 3.63) is 206 Å². The molecule has 1 nitrogen and oxygen atoms in total. The fourth-order valence-corrected chi connectivity index (χ4v) is 8.61. The molecule has 0 saturated heterocycles. The molecule has 0 radical (unpaired) electrons. The van der Waals surface area contributed by atoms with E-state index < -0.39 is 0 Å². The summed E-state index contributed by atoms with van der Waals surface area (Å²) >= 11 is 0. The van der Waals surface area contributed by atoms with Crippen molar-refractivity contribution in [2.45, 2.75) is 0 Å². The molecule has 0 bridgehead atoms. The van der Waals surface area contributed by atoms with E-state index in [-0.39, 0.29) is 0 Å². The lowest BCUT2D eigenvalue weighted by Crippen LogP contribution is -1.89. The summed E-state index contributed by atoms with van der Waals surface area (Å²) in [5.74, 6) is 0. The Kier molecular flexibility index (Phi) is 7.25. The van der Waals surface area contributed by atoms with Crippen LogP contribution in [-0.2, 0) is 0 Å². The van der Waals surface area contributed by atoms with Gasteiger partial charge in [-0.3, -0.25) is 0 Å². The molecule has 0 aliphatic rings. The van der Waals surface area contributed by atoms with Crippen LogP contribution in [-0.4, -0.2) is 0 Å². The van der Waals surface area contributed by atoms with Gasteiger partial charge in [-0.15, -0.1) is 0 Å². The summed E-state index contributed by atoms with van der Waals surface area (Å²) in [4.78, 5) is 0. The number of benzene rings is 10. The molecule has 0 aliphatic carbocycles. The maximum absolute atomic E-state index is 6.33. The molecule has 0 N–H and O–H groups in total. The Labute approximate surface area is 318 Å². The number of hydrogen-bond donors (Lipinski definition) is 0. The van der Waals surface area contributed by atoms with E-state index in [2.05, 4.69) is 200 Å². The summed E-state index contributed by atoms with van der Waals surface area (Å²) in [7, 11) is 0. The highest BCUT2D eigenvalue weighted by Gasteiger charge is 2.15. The van der Waals surface area contributed by atoms with Crippen LogP contribution in [0.3, 0.4) is 0 Å². The molecular formula is C54H34O. The molecule has 256 valence electrons. The highest BCUT2D eigenvalue weighted by atomic mass is 16.3. The minimum absolute atomic E-state index is 0.833. The predicted octanol–water partition coefficient (Wildman–Crippen LogP) is 15.5. The van der Waals surface area contributed by atoms with Crippen molar-refractivity contribution in [1.29, 1.82) is 0 Å². The first-order valence-corrected chi connectivity index (χ1v) is 18.9. The Balaban J connectivity index is 1.02. The maximum Gasteiger partial charge on any atom is 0.134 e. The summed E-state index contributed by atoms with van der Waals surface area (Å²) in [5, 5.41) is 16.2. The zero-order valence-electron chi connectivity index (χ0n) is 30.0. The van der Waals surface area contributed by atoms with Gasteiger partial charge in [-0.25, -0.2) is 0 Å². The fourth-order valence-electron chi connectivity index (χ4n) is 8.61. The highest BCUT2D eigenvalue weighted by molar-refractivity contribution is 6.33. The van der Waals surface area contributed by atoms with Crippen molar-refractivity contribution >= 4 is 75.6 Å². The Morgan fingerprint density at radius 3 is 1.51 bits per heavy atom. The normalized spacial score (nSPS) is 11.6. The third-order valence-corrected chi connectivity index (χ3v) is 11.3. The molecule has 1 heterocycles. The van der Waals surface area contributed by atoms with E-state index in [1.807, 2.05) is 6.26 Å². The Hall–Kier alpha value is -7.22. The summed E-state index contributed by atoms with van der Waals surface area (Å²) < 4.78 is 6.33. The summed E-state index contributed by atoms with van der Waals surface area (Å²) in [6.07, 6.45) is 1.82. The molecule has 0 fully saturated rings. The SMILES string of the molecule is c1ccc2cc(-c3ccc4cccc(-c5ccc6ccc(-c7cc8c9ccccc9c9ccccc9c8c8ccccc78)cc6c5)ccoc4c3)ccc2c1. The van der Waals surface area contributed by atoms with Crippen molar-refractivity contribution in [1.82, 2.24) is 0 Å². The molecule has 0 atom stereocenters. The van der Waals surface area contributed by atoms with E-state index in [1.54, 1.807) is 0 Å². The molecule has 0 spiro atoms. The summed E-state index contributed by atoms with van der Waals surface area (Å²) in [6.45, 7) is 0. The Morgan fingerprint density at radius 1 is 0.255 bits per heavy atom. The van der Waals surface area contributed by atoms with Crippen LogP contribution in [0.15, 0.2) is 211 Å². The third kappa shape index (κ3) is 5.32. The van der Waals surface area contributed by atoms with Crippen molar-refractivity contribution in [3.8, 4) is 33.4 Å². The number of rotatable bonds is 3. The molecule has 0 aliphatic heterocycles. The van der Waals surface area contributed by atoms with E-state index in [0.717, 1.165) is 27.7 Å². The van der Waals surface area contributed by atoms with Crippen LogP contribution in [0.2, 0.25) is 0 Å². The van der Waals surface area contributed by atoms with Gasteiger partial charge in [0.25, 0.3) is 0 Å². The van der Waals surface area contributed by atoms with E-state index in [9.17, 15) is 0 Å². The van der Waals surface area contributed by atoms with Crippen molar-refractivity contribution in [3.63, 3.8) is 0 Å². The minimum atomic E-state index is 0.833. The molecule has 55 heavy (non-hydrogen) atoms. The van der Waals surface area contributed by atoms with E-state index in [4.69, 9.17) is 4.42 Å². The number of hydrogen-bond acceptors (Lipinski definition) is 1. The lowest BCUT2D eigenvalue weighted by Gasteiger charge is -2.16. The molecular weight excluding hydrogens is 665 g/mol. The van der Waals surface area contributed by atoms with E-state index >= 15 is 0 Å². The standard InChI is InChI=1S/C54H34O/c1-2-11-39-30-41(25-20-35(39)10-1)42-26-23-38-13-9-12-36(28-29-55-53(38)33-42)40-24-21-37-22-27-43(32-44(37)31-40)51-34-52-47-16-4-3-14-45(47)46-15-5-7-18-49(46)54(52)50-19-8-6-17-48(50)51/h1-34H. The van der Waals surface area contributed by atoms with Gasteiger partial charge >= 0.3 is 0 Å². The predicted molar refractivity (Wildman–Crippen MR) is 235 cm³/mol. The van der Waals surface area contributed by atoms with Gasteiger partial charge in [-0.05, 0) is 134 Å². The summed E-state index contributed by atoms with van der Waals surface area (Å²) in [5.41, 5.74) is 7.81. The topological polar surface area (TPSA) is 13.1 Å². The minimum Gasteiger partial charge on any atom is -0.464 e.